The van der Waals surface area contributed by atoms with Gasteiger partial charge in [-0.1, -0.05) is 6.92 Å². The lowest BCUT2D eigenvalue weighted by atomic mass is 10.4. The van der Waals surface area contributed by atoms with Crippen LogP contribution in [-0.2, 0) is 16.6 Å². The minimum atomic E-state index is -3.40. The fourth-order valence-electron chi connectivity index (χ4n) is 1.74. The van der Waals surface area contributed by atoms with Crippen molar-refractivity contribution in [2.24, 2.45) is 0 Å². The Hall–Kier alpha value is -0.0800. The van der Waals surface area contributed by atoms with Gasteiger partial charge < -0.3 is 5.32 Å². The van der Waals surface area contributed by atoms with Gasteiger partial charge >= 0.3 is 0 Å². The Balaban J connectivity index is 2.85. The first-order chi connectivity index (χ1) is 8.90. The van der Waals surface area contributed by atoms with Gasteiger partial charge in [0.15, 0.2) is 0 Å². The second-order valence-electron chi connectivity index (χ2n) is 4.39. The van der Waals surface area contributed by atoms with Crippen LogP contribution in [0.25, 0.3) is 0 Å². The van der Waals surface area contributed by atoms with E-state index in [1.54, 1.807) is 17.8 Å². The Labute approximate surface area is 124 Å². The maximum atomic E-state index is 12.3. The summed E-state index contributed by atoms with van der Waals surface area (Å²) in [5.74, 6) is 0.770. The molecule has 0 aliphatic heterocycles. The second-order valence-corrected chi connectivity index (χ2v) is 8.33. The molecule has 1 rings (SSSR count). The van der Waals surface area contributed by atoms with Gasteiger partial charge in [0.1, 0.15) is 0 Å². The molecule has 1 heterocycles. The molecule has 0 aliphatic rings. The number of nitrogens with one attached hydrogen (secondary N) is 2. The van der Waals surface area contributed by atoms with E-state index in [1.807, 2.05) is 27.0 Å². The number of hydrogen-bond acceptors (Lipinski definition) is 5. The maximum absolute atomic E-state index is 12.3. The number of rotatable bonds is 8. The monoisotopic (exact) mass is 322 g/mol. The highest BCUT2D eigenvalue weighted by molar-refractivity contribution is 7.98. The third kappa shape index (κ3) is 5.07. The lowest BCUT2D eigenvalue weighted by Crippen LogP contribution is -2.34. The average molecular weight is 323 g/mol. The van der Waals surface area contributed by atoms with E-state index in [9.17, 15) is 8.42 Å². The van der Waals surface area contributed by atoms with E-state index in [-0.39, 0.29) is 6.04 Å². The van der Waals surface area contributed by atoms with Gasteiger partial charge in [0.05, 0.1) is 4.90 Å². The molecule has 0 saturated carbocycles. The Morgan fingerprint density at radius 3 is 2.74 bits per heavy atom. The zero-order chi connectivity index (χ0) is 14.5. The van der Waals surface area contributed by atoms with Crippen LogP contribution in [0, 0.1) is 6.92 Å². The molecule has 0 amide bonds. The van der Waals surface area contributed by atoms with E-state index in [4.69, 9.17) is 0 Å². The van der Waals surface area contributed by atoms with Gasteiger partial charge in [-0.25, -0.2) is 13.1 Å². The van der Waals surface area contributed by atoms with Crippen molar-refractivity contribution in [2.75, 3.05) is 18.6 Å². The quantitative estimate of drug-likeness (QED) is 0.770. The second kappa shape index (κ2) is 7.64. The lowest BCUT2D eigenvalue weighted by Gasteiger charge is -2.12. The van der Waals surface area contributed by atoms with E-state index < -0.39 is 10.0 Å². The molecule has 1 aromatic rings. The van der Waals surface area contributed by atoms with E-state index in [2.05, 4.69) is 10.0 Å². The Morgan fingerprint density at radius 2 is 2.16 bits per heavy atom. The average Bonchev–Trinajstić information content (AvgIpc) is 2.68. The van der Waals surface area contributed by atoms with Crippen LogP contribution in [0.1, 0.15) is 23.6 Å². The molecule has 19 heavy (non-hydrogen) atoms. The lowest BCUT2D eigenvalue weighted by molar-refractivity contribution is 0.571. The smallest absolute Gasteiger partial charge is 0.241 e. The fourth-order valence-corrected chi connectivity index (χ4v) is 5.28. The van der Waals surface area contributed by atoms with Crippen molar-refractivity contribution in [3.8, 4) is 0 Å². The van der Waals surface area contributed by atoms with Crippen LogP contribution in [0.3, 0.4) is 0 Å². The highest BCUT2D eigenvalue weighted by Crippen LogP contribution is 2.25. The van der Waals surface area contributed by atoms with Gasteiger partial charge in [-0.3, -0.25) is 0 Å². The predicted molar refractivity (Wildman–Crippen MR) is 84.6 cm³/mol. The largest absolute Gasteiger partial charge is 0.312 e. The van der Waals surface area contributed by atoms with Crippen LogP contribution in [-0.4, -0.2) is 33.0 Å². The number of thioether (sulfide) groups is 1. The van der Waals surface area contributed by atoms with Gasteiger partial charge in [0, 0.05) is 28.1 Å². The first-order valence-corrected chi connectivity index (χ1v) is 9.91. The van der Waals surface area contributed by atoms with Crippen LogP contribution in [0.15, 0.2) is 11.0 Å². The van der Waals surface area contributed by atoms with E-state index in [0.717, 1.165) is 28.6 Å². The fraction of sp³-hybridized carbons (Fsp3) is 0.667. The number of thiophene rings is 1. The summed E-state index contributed by atoms with van der Waals surface area (Å²) >= 11 is 3.17. The number of aryl methyl sites for hydroxylation is 1. The molecule has 1 atom stereocenters. The van der Waals surface area contributed by atoms with Crippen molar-refractivity contribution < 1.29 is 8.42 Å². The summed E-state index contributed by atoms with van der Waals surface area (Å²) in [4.78, 5) is 2.31. The molecule has 0 aromatic carbocycles. The zero-order valence-electron chi connectivity index (χ0n) is 11.8. The van der Waals surface area contributed by atoms with Gasteiger partial charge in [0.25, 0.3) is 0 Å². The molecular formula is C12H22N2O2S3. The molecule has 0 bridgehead atoms. The summed E-state index contributed by atoms with van der Waals surface area (Å²) in [7, 11) is -3.40. The maximum Gasteiger partial charge on any atom is 0.241 e. The Kier molecular flexibility index (Phi) is 6.82. The Bertz CT molecular complexity index is 497. The summed E-state index contributed by atoms with van der Waals surface area (Å²) in [5.41, 5.74) is 0. The summed E-state index contributed by atoms with van der Waals surface area (Å²) in [6, 6.07) is 1.72. The van der Waals surface area contributed by atoms with Gasteiger partial charge in [-0.05, 0) is 32.7 Å². The molecule has 110 valence electrons. The van der Waals surface area contributed by atoms with E-state index in [0.29, 0.717) is 4.90 Å². The van der Waals surface area contributed by atoms with Crippen molar-refractivity contribution in [2.45, 2.75) is 38.3 Å². The van der Waals surface area contributed by atoms with E-state index in [1.165, 1.54) is 11.3 Å². The minimum Gasteiger partial charge on any atom is -0.312 e. The van der Waals surface area contributed by atoms with Crippen LogP contribution in [0.2, 0.25) is 0 Å². The van der Waals surface area contributed by atoms with Crippen molar-refractivity contribution in [1.29, 1.82) is 0 Å². The molecule has 0 saturated heterocycles. The number of hydrogen-bond donors (Lipinski definition) is 2. The van der Waals surface area contributed by atoms with Crippen LogP contribution in [0.4, 0.5) is 0 Å². The van der Waals surface area contributed by atoms with E-state index >= 15 is 0 Å². The van der Waals surface area contributed by atoms with Crippen molar-refractivity contribution >= 4 is 33.1 Å². The number of sulfonamides is 1. The highest BCUT2D eigenvalue weighted by atomic mass is 32.2. The molecular weight excluding hydrogens is 300 g/mol. The molecule has 0 radical (unpaired) electrons. The van der Waals surface area contributed by atoms with Gasteiger partial charge in [-0.2, -0.15) is 11.8 Å². The molecule has 0 spiro atoms. The summed E-state index contributed by atoms with van der Waals surface area (Å²) in [6.07, 6.45) is 1.97. The first-order valence-electron chi connectivity index (χ1n) is 6.22. The third-order valence-electron chi connectivity index (χ3n) is 2.54. The summed E-state index contributed by atoms with van der Waals surface area (Å²) < 4.78 is 27.3. The zero-order valence-corrected chi connectivity index (χ0v) is 14.3. The molecule has 7 heteroatoms. The standard InChI is InChI=1S/C12H22N2O2S3/c1-5-13-7-11-6-12(10(3)18-11)19(15,16)14-9(2)8-17-4/h6,9,13-14H,5,7-8H2,1-4H3. The summed E-state index contributed by atoms with van der Waals surface area (Å²) in [5, 5.41) is 3.21. The van der Waals surface area contributed by atoms with Crippen LogP contribution in [0.5, 0.6) is 0 Å². The van der Waals surface area contributed by atoms with Crippen LogP contribution >= 0.6 is 23.1 Å². The van der Waals surface area contributed by atoms with Gasteiger partial charge in [-0.15, -0.1) is 11.3 Å². The molecule has 4 nitrogen and oxygen atoms in total. The first kappa shape index (κ1) is 17.0. The molecule has 1 aromatic heterocycles. The minimum absolute atomic E-state index is 0.0588. The van der Waals surface area contributed by atoms with Crippen molar-refractivity contribution in [3.05, 3.63) is 15.8 Å². The highest BCUT2D eigenvalue weighted by Gasteiger charge is 2.21. The molecule has 2 N–H and O–H groups in total. The topological polar surface area (TPSA) is 58.2 Å². The third-order valence-corrected chi connectivity index (χ3v) is 6.26. The van der Waals surface area contributed by atoms with Gasteiger partial charge in [0.2, 0.25) is 10.0 Å². The normalized spacial score (nSPS) is 13.7. The van der Waals surface area contributed by atoms with Crippen molar-refractivity contribution in [1.82, 2.24) is 10.0 Å². The summed E-state index contributed by atoms with van der Waals surface area (Å²) in [6.45, 7) is 7.37. The van der Waals surface area contributed by atoms with Crippen molar-refractivity contribution in [3.63, 3.8) is 0 Å². The molecule has 1 unspecified atom stereocenters. The van der Waals surface area contributed by atoms with Crippen LogP contribution < -0.4 is 10.0 Å². The molecule has 0 fully saturated rings. The molecule has 0 aliphatic carbocycles. The predicted octanol–water partition coefficient (Wildman–Crippen LogP) is 2.20. The SMILES string of the molecule is CCNCc1cc(S(=O)(=O)NC(C)CSC)c(C)s1. The Morgan fingerprint density at radius 1 is 1.47 bits per heavy atom.